The predicted molar refractivity (Wildman–Crippen MR) is 77.2 cm³/mol. The standard InChI is InChI=1S/C17H27NO2/c19-16(15-1-3-20-4-2-15)18-11-17-8-12-5-13(9-17)7-14(6-12)10-17/h12-15H,1-11H2,(H,18,19). The molecule has 0 aromatic rings. The van der Waals surface area contributed by atoms with Crippen LogP contribution in [-0.2, 0) is 9.53 Å². The molecule has 0 radical (unpaired) electrons. The van der Waals surface area contributed by atoms with Crippen molar-refractivity contribution < 1.29 is 9.53 Å². The fraction of sp³-hybridized carbons (Fsp3) is 0.941. The maximum atomic E-state index is 12.3. The Balaban J connectivity index is 1.36. The average Bonchev–Trinajstić information content (AvgIpc) is 2.44. The van der Waals surface area contributed by atoms with Crippen LogP contribution in [0.15, 0.2) is 0 Å². The third-order valence-corrected chi connectivity index (χ3v) is 6.39. The molecule has 4 saturated carbocycles. The summed E-state index contributed by atoms with van der Waals surface area (Å²) in [5.41, 5.74) is 0.468. The van der Waals surface area contributed by atoms with Gasteiger partial charge in [-0.25, -0.2) is 0 Å². The van der Waals surface area contributed by atoms with Gasteiger partial charge in [-0.3, -0.25) is 4.79 Å². The molecule has 3 heteroatoms. The third-order valence-electron chi connectivity index (χ3n) is 6.39. The molecule has 0 spiro atoms. The van der Waals surface area contributed by atoms with E-state index in [1.807, 2.05) is 0 Å². The van der Waals surface area contributed by atoms with Crippen molar-refractivity contribution in [2.45, 2.75) is 51.4 Å². The molecule has 1 saturated heterocycles. The molecule has 5 fully saturated rings. The van der Waals surface area contributed by atoms with Crippen molar-refractivity contribution in [2.75, 3.05) is 19.8 Å². The van der Waals surface area contributed by atoms with E-state index in [4.69, 9.17) is 4.74 Å². The predicted octanol–water partition coefficient (Wildman–Crippen LogP) is 2.75. The minimum Gasteiger partial charge on any atom is -0.381 e. The Kier molecular flexibility index (Phi) is 3.29. The van der Waals surface area contributed by atoms with Crippen molar-refractivity contribution in [1.82, 2.24) is 5.32 Å². The van der Waals surface area contributed by atoms with E-state index in [9.17, 15) is 4.79 Å². The van der Waals surface area contributed by atoms with Gasteiger partial charge in [0.2, 0.25) is 5.91 Å². The second kappa shape index (κ2) is 5.01. The second-order valence-corrected chi connectivity index (χ2v) is 8.02. The molecule has 4 bridgehead atoms. The fourth-order valence-corrected chi connectivity index (χ4v) is 5.89. The molecule has 1 N–H and O–H groups in total. The van der Waals surface area contributed by atoms with Crippen LogP contribution in [0.25, 0.3) is 0 Å². The SMILES string of the molecule is O=C(NCC12CC3CC(CC(C3)C1)C2)C1CCOCC1. The second-order valence-electron chi connectivity index (χ2n) is 8.02. The lowest BCUT2D eigenvalue weighted by Gasteiger charge is -2.57. The molecular formula is C17H27NO2. The van der Waals surface area contributed by atoms with Crippen LogP contribution >= 0.6 is 0 Å². The van der Waals surface area contributed by atoms with Crippen LogP contribution < -0.4 is 5.32 Å². The minimum absolute atomic E-state index is 0.206. The minimum atomic E-state index is 0.206. The Morgan fingerprint density at radius 2 is 1.55 bits per heavy atom. The van der Waals surface area contributed by atoms with Crippen molar-refractivity contribution in [2.24, 2.45) is 29.1 Å². The van der Waals surface area contributed by atoms with E-state index < -0.39 is 0 Å². The smallest absolute Gasteiger partial charge is 0.223 e. The van der Waals surface area contributed by atoms with Crippen LogP contribution in [0.1, 0.15) is 51.4 Å². The van der Waals surface area contributed by atoms with Gasteiger partial charge in [0.05, 0.1) is 0 Å². The van der Waals surface area contributed by atoms with E-state index in [0.29, 0.717) is 11.3 Å². The number of carbonyl (C=O) groups excluding carboxylic acids is 1. The van der Waals surface area contributed by atoms with Crippen LogP contribution in [0, 0.1) is 29.1 Å². The normalized spacial score (nSPS) is 43.7. The molecular weight excluding hydrogens is 250 g/mol. The molecule has 1 aliphatic heterocycles. The summed E-state index contributed by atoms with van der Waals surface area (Å²) < 4.78 is 5.35. The molecule has 0 aromatic heterocycles. The van der Waals surface area contributed by atoms with Gasteiger partial charge in [0, 0.05) is 25.7 Å². The van der Waals surface area contributed by atoms with Gasteiger partial charge in [0.15, 0.2) is 0 Å². The number of amides is 1. The number of rotatable bonds is 3. The van der Waals surface area contributed by atoms with Crippen LogP contribution in [0.3, 0.4) is 0 Å². The molecule has 0 atom stereocenters. The molecule has 4 aliphatic carbocycles. The molecule has 0 aromatic carbocycles. The highest BCUT2D eigenvalue weighted by Crippen LogP contribution is 2.59. The van der Waals surface area contributed by atoms with Crippen LogP contribution in [0.2, 0.25) is 0 Å². The summed E-state index contributed by atoms with van der Waals surface area (Å²) in [6.45, 7) is 2.47. The first-order chi connectivity index (χ1) is 9.72. The summed E-state index contributed by atoms with van der Waals surface area (Å²) in [6, 6.07) is 0. The van der Waals surface area contributed by atoms with Crippen LogP contribution in [0.4, 0.5) is 0 Å². The van der Waals surface area contributed by atoms with Gasteiger partial charge >= 0.3 is 0 Å². The van der Waals surface area contributed by atoms with E-state index in [1.54, 1.807) is 0 Å². The number of ether oxygens (including phenoxy) is 1. The molecule has 1 amide bonds. The van der Waals surface area contributed by atoms with E-state index in [-0.39, 0.29) is 5.92 Å². The van der Waals surface area contributed by atoms with Crippen molar-refractivity contribution in [1.29, 1.82) is 0 Å². The Bertz CT molecular complexity index is 351. The number of nitrogens with one attached hydrogen (secondary N) is 1. The largest absolute Gasteiger partial charge is 0.381 e. The summed E-state index contributed by atoms with van der Waals surface area (Å²) in [4.78, 5) is 12.3. The lowest BCUT2D eigenvalue weighted by atomic mass is 9.49. The van der Waals surface area contributed by atoms with Gasteiger partial charge in [-0.05, 0) is 74.5 Å². The van der Waals surface area contributed by atoms with E-state index in [2.05, 4.69) is 5.32 Å². The summed E-state index contributed by atoms with van der Waals surface area (Å²) in [6.07, 6.45) is 10.4. The highest BCUT2D eigenvalue weighted by molar-refractivity contribution is 5.78. The third kappa shape index (κ3) is 2.38. The molecule has 0 unspecified atom stereocenters. The number of carbonyl (C=O) groups is 1. The quantitative estimate of drug-likeness (QED) is 0.861. The van der Waals surface area contributed by atoms with Crippen molar-refractivity contribution in [3.05, 3.63) is 0 Å². The van der Waals surface area contributed by atoms with E-state index in [0.717, 1.165) is 50.4 Å². The first-order valence-corrected chi connectivity index (χ1v) is 8.58. The topological polar surface area (TPSA) is 38.3 Å². The molecule has 5 aliphatic rings. The van der Waals surface area contributed by atoms with Gasteiger partial charge < -0.3 is 10.1 Å². The van der Waals surface area contributed by atoms with Crippen molar-refractivity contribution in [3.8, 4) is 0 Å². The van der Waals surface area contributed by atoms with Crippen LogP contribution in [0.5, 0.6) is 0 Å². The van der Waals surface area contributed by atoms with Crippen molar-refractivity contribution >= 4 is 5.91 Å². The molecule has 1 heterocycles. The first kappa shape index (κ1) is 13.1. The molecule has 3 nitrogen and oxygen atoms in total. The van der Waals surface area contributed by atoms with Gasteiger partial charge in [-0.2, -0.15) is 0 Å². The lowest BCUT2D eigenvalue weighted by molar-refractivity contribution is -0.129. The molecule has 20 heavy (non-hydrogen) atoms. The maximum absolute atomic E-state index is 12.3. The lowest BCUT2D eigenvalue weighted by Crippen LogP contribution is -2.51. The highest BCUT2D eigenvalue weighted by atomic mass is 16.5. The highest BCUT2D eigenvalue weighted by Gasteiger charge is 2.50. The zero-order valence-corrected chi connectivity index (χ0v) is 12.4. The maximum Gasteiger partial charge on any atom is 0.223 e. The Hall–Kier alpha value is -0.570. The molecule has 5 rings (SSSR count). The molecule has 112 valence electrons. The van der Waals surface area contributed by atoms with Crippen LogP contribution in [-0.4, -0.2) is 25.7 Å². The van der Waals surface area contributed by atoms with Gasteiger partial charge in [-0.15, -0.1) is 0 Å². The fourth-order valence-electron chi connectivity index (χ4n) is 5.89. The van der Waals surface area contributed by atoms with Gasteiger partial charge in [0.1, 0.15) is 0 Å². The van der Waals surface area contributed by atoms with E-state index in [1.165, 1.54) is 38.5 Å². The summed E-state index contributed by atoms with van der Waals surface area (Å²) in [5.74, 6) is 3.42. The summed E-state index contributed by atoms with van der Waals surface area (Å²) in [7, 11) is 0. The zero-order chi connectivity index (χ0) is 13.6. The Morgan fingerprint density at radius 1 is 1.00 bits per heavy atom. The Morgan fingerprint density at radius 3 is 2.10 bits per heavy atom. The van der Waals surface area contributed by atoms with Crippen molar-refractivity contribution in [3.63, 3.8) is 0 Å². The van der Waals surface area contributed by atoms with Gasteiger partial charge in [-0.1, -0.05) is 0 Å². The first-order valence-electron chi connectivity index (χ1n) is 8.58. The summed E-state index contributed by atoms with van der Waals surface area (Å²) in [5, 5.41) is 3.31. The number of hydrogen-bond donors (Lipinski definition) is 1. The van der Waals surface area contributed by atoms with Gasteiger partial charge in [0.25, 0.3) is 0 Å². The Labute approximate surface area is 121 Å². The number of hydrogen-bond acceptors (Lipinski definition) is 2. The monoisotopic (exact) mass is 277 g/mol. The summed E-state index contributed by atoms with van der Waals surface area (Å²) >= 11 is 0. The average molecular weight is 277 g/mol. The zero-order valence-electron chi connectivity index (χ0n) is 12.4. The van der Waals surface area contributed by atoms with E-state index >= 15 is 0 Å².